The molecule has 2 N–H and O–H groups in total. The van der Waals surface area contributed by atoms with Crippen LogP contribution in [0.5, 0.6) is 5.75 Å². The van der Waals surface area contributed by atoms with Crippen molar-refractivity contribution in [3.05, 3.63) is 29.8 Å². The van der Waals surface area contributed by atoms with Gasteiger partial charge < -0.3 is 15.4 Å². The average Bonchev–Trinajstić information content (AvgIpc) is 2.42. The molecule has 0 aromatic heterocycles. The van der Waals surface area contributed by atoms with Crippen LogP contribution in [0.1, 0.15) is 19.4 Å². The minimum absolute atomic E-state index is 0. The minimum atomic E-state index is -4.52. The fraction of sp³-hybridized carbons (Fsp3) is 0.500. The molecule has 0 heterocycles. The SMILES string of the molecule is CCNCCNC(=O)C(C)Oc1ccccc1C(F)(F)F.Cl. The van der Waals surface area contributed by atoms with Gasteiger partial charge in [-0.2, -0.15) is 13.2 Å². The third-order valence-corrected chi connectivity index (χ3v) is 2.72. The van der Waals surface area contributed by atoms with Crippen molar-refractivity contribution in [2.75, 3.05) is 19.6 Å². The van der Waals surface area contributed by atoms with Crippen molar-refractivity contribution in [1.29, 1.82) is 0 Å². The summed E-state index contributed by atoms with van der Waals surface area (Å²) in [4.78, 5) is 11.7. The highest BCUT2D eigenvalue weighted by molar-refractivity contribution is 5.85. The molecule has 0 aliphatic heterocycles. The minimum Gasteiger partial charge on any atom is -0.480 e. The van der Waals surface area contributed by atoms with Gasteiger partial charge in [-0.05, 0) is 25.6 Å². The second-order valence-electron chi connectivity index (χ2n) is 4.40. The van der Waals surface area contributed by atoms with Crippen molar-refractivity contribution in [2.45, 2.75) is 26.1 Å². The van der Waals surface area contributed by atoms with Gasteiger partial charge in [0.15, 0.2) is 6.10 Å². The number of halogens is 4. The van der Waals surface area contributed by atoms with Crippen molar-refractivity contribution in [1.82, 2.24) is 10.6 Å². The average molecular weight is 341 g/mol. The van der Waals surface area contributed by atoms with E-state index in [1.807, 2.05) is 6.92 Å². The molecule has 1 amide bonds. The number of hydrogen-bond donors (Lipinski definition) is 2. The Labute approximate surface area is 133 Å². The third-order valence-electron chi connectivity index (χ3n) is 2.72. The van der Waals surface area contributed by atoms with Crippen molar-refractivity contribution in [3.63, 3.8) is 0 Å². The van der Waals surface area contributed by atoms with E-state index in [0.717, 1.165) is 12.6 Å². The lowest BCUT2D eigenvalue weighted by molar-refractivity contribution is -0.140. The number of benzene rings is 1. The second-order valence-corrected chi connectivity index (χ2v) is 4.40. The molecule has 0 saturated carbocycles. The maximum atomic E-state index is 12.8. The Morgan fingerprint density at radius 2 is 1.91 bits per heavy atom. The zero-order chi connectivity index (χ0) is 15.9. The molecule has 0 spiro atoms. The first kappa shape index (κ1) is 20.5. The van der Waals surface area contributed by atoms with E-state index in [1.54, 1.807) is 0 Å². The van der Waals surface area contributed by atoms with Crippen molar-refractivity contribution in [2.24, 2.45) is 0 Å². The predicted molar refractivity (Wildman–Crippen MR) is 80.3 cm³/mol. The van der Waals surface area contributed by atoms with E-state index < -0.39 is 23.8 Å². The van der Waals surface area contributed by atoms with Crippen LogP contribution in [0.3, 0.4) is 0 Å². The number of ether oxygens (including phenoxy) is 1. The quantitative estimate of drug-likeness (QED) is 0.750. The summed E-state index contributed by atoms with van der Waals surface area (Å²) in [6, 6.07) is 4.83. The summed E-state index contributed by atoms with van der Waals surface area (Å²) in [5.41, 5.74) is -0.891. The van der Waals surface area contributed by atoms with Crippen LogP contribution in [-0.2, 0) is 11.0 Å². The smallest absolute Gasteiger partial charge is 0.419 e. The van der Waals surface area contributed by atoms with Crippen LogP contribution in [0, 0.1) is 0 Å². The van der Waals surface area contributed by atoms with Gasteiger partial charge in [0.1, 0.15) is 5.75 Å². The highest BCUT2D eigenvalue weighted by Gasteiger charge is 2.34. The largest absolute Gasteiger partial charge is 0.480 e. The van der Waals surface area contributed by atoms with Gasteiger partial charge in [-0.25, -0.2) is 0 Å². The van der Waals surface area contributed by atoms with Crippen LogP contribution in [0.4, 0.5) is 13.2 Å². The molecule has 1 aromatic carbocycles. The molecule has 126 valence electrons. The zero-order valence-electron chi connectivity index (χ0n) is 12.4. The molecule has 0 bridgehead atoms. The molecule has 0 aliphatic rings. The van der Waals surface area contributed by atoms with E-state index >= 15 is 0 Å². The summed E-state index contributed by atoms with van der Waals surface area (Å²) in [6.45, 7) is 5.10. The highest BCUT2D eigenvalue weighted by Crippen LogP contribution is 2.36. The van der Waals surface area contributed by atoms with Crippen LogP contribution < -0.4 is 15.4 Å². The Morgan fingerprint density at radius 3 is 2.50 bits per heavy atom. The number of carbonyl (C=O) groups excluding carboxylic acids is 1. The van der Waals surface area contributed by atoms with Gasteiger partial charge in [0, 0.05) is 13.1 Å². The van der Waals surface area contributed by atoms with Crippen LogP contribution in [0.15, 0.2) is 24.3 Å². The Morgan fingerprint density at radius 1 is 1.27 bits per heavy atom. The Kier molecular flexibility index (Phi) is 8.89. The summed E-state index contributed by atoms with van der Waals surface area (Å²) in [5.74, 6) is -0.802. The molecule has 0 radical (unpaired) electrons. The summed E-state index contributed by atoms with van der Waals surface area (Å²) in [5, 5.41) is 5.60. The van der Waals surface area contributed by atoms with E-state index in [9.17, 15) is 18.0 Å². The second kappa shape index (κ2) is 9.53. The van der Waals surface area contributed by atoms with Crippen molar-refractivity contribution in [3.8, 4) is 5.75 Å². The Hall–Kier alpha value is -1.47. The van der Waals surface area contributed by atoms with E-state index in [1.165, 1.54) is 25.1 Å². The molecule has 0 saturated heterocycles. The maximum Gasteiger partial charge on any atom is 0.419 e. The topological polar surface area (TPSA) is 50.4 Å². The lowest BCUT2D eigenvalue weighted by Crippen LogP contribution is -2.39. The van der Waals surface area contributed by atoms with Crippen molar-refractivity contribution < 1.29 is 22.7 Å². The lowest BCUT2D eigenvalue weighted by atomic mass is 10.2. The standard InChI is InChI=1S/C14H19F3N2O2.ClH/c1-3-18-8-9-19-13(20)10(2)21-12-7-5-4-6-11(12)14(15,16)17;/h4-7,10,18H,3,8-9H2,1-2H3,(H,19,20);1H. The predicted octanol–water partition coefficient (Wildman–Crippen LogP) is 2.62. The monoisotopic (exact) mass is 340 g/mol. The molecule has 4 nitrogen and oxygen atoms in total. The number of hydrogen-bond acceptors (Lipinski definition) is 3. The number of carbonyl (C=O) groups is 1. The number of nitrogens with one attached hydrogen (secondary N) is 2. The molecular formula is C14H20ClF3N2O2. The van der Waals surface area contributed by atoms with Gasteiger partial charge in [0.05, 0.1) is 5.56 Å². The number of alkyl halides is 3. The molecule has 1 unspecified atom stereocenters. The fourth-order valence-electron chi connectivity index (χ4n) is 1.64. The summed E-state index contributed by atoms with van der Waals surface area (Å²) in [7, 11) is 0. The van der Waals surface area contributed by atoms with E-state index in [0.29, 0.717) is 13.1 Å². The van der Waals surface area contributed by atoms with Crippen LogP contribution in [0.2, 0.25) is 0 Å². The fourth-order valence-corrected chi connectivity index (χ4v) is 1.64. The first-order chi connectivity index (χ1) is 9.86. The molecule has 0 aliphatic carbocycles. The van der Waals surface area contributed by atoms with Gasteiger partial charge >= 0.3 is 6.18 Å². The molecular weight excluding hydrogens is 321 g/mol. The Balaban J connectivity index is 0.00000441. The van der Waals surface area contributed by atoms with Gasteiger partial charge in [-0.15, -0.1) is 12.4 Å². The first-order valence-corrected chi connectivity index (χ1v) is 6.67. The summed E-state index contributed by atoms with van der Waals surface area (Å²) >= 11 is 0. The van der Waals surface area contributed by atoms with Crippen LogP contribution in [0.25, 0.3) is 0 Å². The van der Waals surface area contributed by atoms with Gasteiger partial charge in [-0.1, -0.05) is 19.1 Å². The normalized spacial score (nSPS) is 12.2. The molecule has 8 heteroatoms. The molecule has 22 heavy (non-hydrogen) atoms. The van der Waals surface area contributed by atoms with Gasteiger partial charge in [0.2, 0.25) is 0 Å². The van der Waals surface area contributed by atoms with Crippen molar-refractivity contribution >= 4 is 18.3 Å². The maximum absolute atomic E-state index is 12.8. The number of para-hydroxylation sites is 1. The molecule has 1 atom stereocenters. The lowest BCUT2D eigenvalue weighted by Gasteiger charge is -2.18. The molecule has 1 rings (SSSR count). The van der Waals surface area contributed by atoms with E-state index in [-0.39, 0.29) is 18.2 Å². The highest BCUT2D eigenvalue weighted by atomic mass is 35.5. The zero-order valence-corrected chi connectivity index (χ0v) is 13.2. The van der Waals surface area contributed by atoms with E-state index in [2.05, 4.69) is 10.6 Å². The summed E-state index contributed by atoms with van der Waals surface area (Å²) < 4.78 is 43.5. The number of amides is 1. The molecule has 1 aromatic rings. The Bertz CT molecular complexity index is 470. The molecule has 0 fully saturated rings. The van der Waals surface area contributed by atoms with E-state index in [4.69, 9.17) is 4.74 Å². The number of rotatable bonds is 7. The summed E-state index contributed by atoms with van der Waals surface area (Å²) in [6.07, 6.45) is -5.52. The number of likely N-dealkylation sites (N-methyl/N-ethyl adjacent to an activating group) is 1. The van der Waals surface area contributed by atoms with Gasteiger partial charge in [-0.3, -0.25) is 4.79 Å². The third kappa shape index (κ3) is 6.53. The first-order valence-electron chi connectivity index (χ1n) is 6.67. The van der Waals surface area contributed by atoms with Crippen LogP contribution in [-0.4, -0.2) is 31.6 Å². The van der Waals surface area contributed by atoms with Gasteiger partial charge in [0.25, 0.3) is 5.91 Å². The van der Waals surface area contributed by atoms with Crippen LogP contribution >= 0.6 is 12.4 Å².